The summed E-state index contributed by atoms with van der Waals surface area (Å²) in [6, 6.07) is 8.61. The maximum atomic E-state index is 12.2. The SMILES string of the molecule is CC1CCN(c2ccc(NC(=O)c3ccc(Cl)c(Cl)c3)cn2)CC1. The van der Waals surface area contributed by atoms with Gasteiger partial charge in [-0.15, -0.1) is 0 Å². The molecule has 0 atom stereocenters. The molecule has 0 aliphatic carbocycles. The summed E-state index contributed by atoms with van der Waals surface area (Å²) in [5.74, 6) is 1.50. The number of carbonyl (C=O) groups is 1. The van der Waals surface area contributed by atoms with E-state index in [1.54, 1.807) is 24.4 Å². The van der Waals surface area contributed by atoms with E-state index in [0.29, 0.717) is 21.3 Å². The third-order valence-corrected chi connectivity index (χ3v) is 5.03. The molecule has 1 aromatic carbocycles. The van der Waals surface area contributed by atoms with E-state index in [1.165, 1.54) is 12.8 Å². The Morgan fingerprint density at radius 2 is 1.92 bits per heavy atom. The lowest BCUT2D eigenvalue weighted by atomic mass is 9.99. The van der Waals surface area contributed by atoms with Gasteiger partial charge in [-0.25, -0.2) is 4.98 Å². The first-order valence-electron chi connectivity index (χ1n) is 8.00. The van der Waals surface area contributed by atoms with E-state index < -0.39 is 0 Å². The summed E-state index contributed by atoms with van der Waals surface area (Å²) in [7, 11) is 0. The summed E-state index contributed by atoms with van der Waals surface area (Å²) in [6.45, 7) is 4.35. The molecule has 24 heavy (non-hydrogen) atoms. The molecule has 2 aromatic rings. The Kier molecular flexibility index (Phi) is 5.27. The molecule has 1 amide bonds. The van der Waals surface area contributed by atoms with Crippen LogP contribution < -0.4 is 10.2 Å². The van der Waals surface area contributed by atoms with Crippen molar-refractivity contribution in [2.24, 2.45) is 5.92 Å². The molecule has 1 saturated heterocycles. The van der Waals surface area contributed by atoms with Crippen LogP contribution in [0.2, 0.25) is 10.0 Å². The molecule has 6 heteroatoms. The molecule has 1 N–H and O–H groups in total. The van der Waals surface area contributed by atoms with E-state index in [2.05, 4.69) is 22.1 Å². The zero-order valence-corrected chi connectivity index (χ0v) is 14.9. The zero-order valence-electron chi connectivity index (χ0n) is 13.4. The highest BCUT2D eigenvalue weighted by Gasteiger charge is 2.17. The third kappa shape index (κ3) is 4.00. The van der Waals surface area contributed by atoms with Gasteiger partial charge < -0.3 is 10.2 Å². The van der Waals surface area contributed by atoms with Gasteiger partial charge in [0.25, 0.3) is 5.91 Å². The number of benzene rings is 1. The van der Waals surface area contributed by atoms with E-state index in [0.717, 1.165) is 24.8 Å². The van der Waals surface area contributed by atoms with Crippen molar-refractivity contribution in [1.82, 2.24) is 4.98 Å². The first-order chi connectivity index (χ1) is 11.5. The van der Waals surface area contributed by atoms with Crippen molar-refractivity contribution in [1.29, 1.82) is 0 Å². The van der Waals surface area contributed by atoms with Crippen LogP contribution in [0.3, 0.4) is 0 Å². The summed E-state index contributed by atoms with van der Waals surface area (Å²) in [6.07, 6.45) is 4.07. The van der Waals surface area contributed by atoms with Gasteiger partial charge in [0.15, 0.2) is 0 Å². The quantitative estimate of drug-likeness (QED) is 0.845. The highest BCUT2D eigenvalue weighted by molar-refractivity contribution is 6.42. The van der Waals surface area contributed by atoms with Gasteiger partial charge in [0, 0.05) is 18.7 Å². The fraction of sp³-hybridized carbons (Fsp3) is 0.333. The number of nitrogens with one attached hydrogen (secondary N) is 1. The normalized spacial score (nSPS) is 15.4. The largest absolute Gasteiger partial charge is 0.357 e. The van der Waals surface area contributed by atoms with E-state index in [9.17, 15) is 4.79 Å². The number of amides is 1. The Morgan fingerprint density at radius 3 is 2.54 bits per heavy atom. The van der Waals surface area contributed by atoms with Crippen LogP contribution in [0.25, 0.3) is 0 Å². The molecule has 0 spiro atoms. The second kappa shape index (κ2) is 7.41. The van der Waals surface area contributed by atoms with Gasteiger partial charge in [0.1, 0.15) is 5.82 Å². The van der Waals surface area contributed by atoms with Crippen molar-refractivity contribution in [3.05, 3.63) is 52.1 Å². The number of piperidine rings is 1. The van der Waals surface area contributed by atoms with E-state index in [4.69, 9.17) is 23.2 Å². The second-order valence-corrected chi connectivity index (χ2v) is 6.97. The lowest BCUT2D eigenvalue weighted by Crippen LogP contribution is -2.33. The highest BCUT2D eigenvalue weighted by atomic mass is 35.5. The molecule has 1 aliphatic rings. The van der Waals surface area contributed by atoms with Crippen molar-refractivity contribution < 1.29 is 4.79 Å². The summed E-state index contributed by atoms with van der Waals surface area (Å²) in [5, 5.41) is 3.60. The fourth-order valence-corrected chi connectivity index (χ4v) is 3.02. The molecule has 4 nitrogen and oxygen atoms in total. The van der Waals surface area contributed by atoms with Gasteiger partial charge >= 0.3 is 0 Å². The van der Waals surface area contributed by atoms with Gasteiger partial charge in [0.2, 0.25) is 0 Å². The Hall–Kier alpha value is -1.78. The molecule has 1 aliphatic heterocycles. The number of aromatic nitrogens is 1. The monoisotopic (exact) mass is 363 g/mol. The molecule has 3 rings (SSSR count). The number of nitrogens with zero attached hydrogens (tertiary/aromatic N) is 2. The van der Waals surface area contributed by atoms with Crippen LogP contribution in [0.5, 0.6) is 0 Å². The van der Waals surface area contributed by atoms with Crippen LogP contribution in [0.15, 0.2) is 36.5 Å². The van der Waals surface area contributed by atoms with Gasteiger partial charge in [0.05, 0.1) is 21.9 Å². The third-order valence-electron chi connectivity index (χ3n) is 4.30. The van der Waals surface area contributed by atoms with E-state index in [-0.39, 0.29) is 5.91 Å². The molecule has 0 radical (unpaired) electrons. The lowest BCUT2D eigenvalue weighted by molar-refractivity contribution is 0.102. The predicted molar refractivity (Wildman–Crippen MR) is 99.3 cm³/mol. The molecular weight excluding hydrogens is 345 g/mol. The van der Waals surface area contributed by atoms with Crippen LogP contribution in [0.1, 0.15) is 30.1 Å². The number of carbonyl (C=O) groups excluding carboxylic acids is 1. The van der Waals surface area contributed by atoms with Crippen LogP contribution in [-0.2, 0) is 0 Å². The van der Waals surface area contributed by atoms with Gasteiger partial charge in [-0.1, -0.05) is 30.1 Å². The average molecular weight is 364 g/mol. The van der Waals surface area contributed by atoms with E-state index >= 15 is 0 Å². The van der Waals surface area contributed by atoms with Crippen molar-refractivity contribution >= 4 is 40.6 Å². The second-order valence-electron chi connectivity index (χ2n) is 6.16. The highest BCUT2D eigenvalue weighted by Crippen LogP contribution is 2.24. The minimum atomic E-state index is -0.241. The summed E-state index contributed by atoms with van der Waals surface area (Å²) in [4.78, 5) is 19.0. The van der Waals surface area contributed by atoms with Gasteiger partial charge in [-0.05, 0) is 49.1 Å². The minimum Gasteiger partial charge on any atom is -0.357 e. The number of hydrogen-bond donors (Lipinski definition) is 1. The van der Waals surface area contributed by atoms with Gasteiger partial charge in [-0.2, -0.15) is 0 Å². The van der Waals surface area contributed by atoms with Crippen LogP contribution in [0.4, 0.5) is 11.5 Å². The fourth-order valence-electron chi connectivity index (χ4n) is 2.73. The summed E-state index contributed by atoms with van der Waals surface area (Å²) >= 11 is 11.8. The number of hydrogen-bond acceptors (Lipinski definition) is 3. The maximum absolute atomic E-state index is 12.2. The molecule has 1 aromatic heterocycles. The number of halogens is 2. The van der Waals surface area contributed by atoms with Crippen molar-refractivity contribution in [3.8, 4) is 0 Å². The first kappa shape index (κ1) is 17.1. The standard InChI is InChI=1S/C18H19Cl2N3O/c1-12-6-8-23(9-7-12)17-5-3-14(11-21-17)22-18(24)13-2-4-15(19)16(20)10-13/h2-5,10-12H,6-9H2,1H3,(H,22,24). The van der Waals surface area contributed by atoms with Crippen LogP contribution in [0, 0.1) is 5.92 Å². The Morgan fingerprint density at radius 1 is 1.17 bits per heavy atom. The molecule has 0 saturated carbocycles. The zero-order chi connectivity index (χ0) is 17.1. The molecular formula is C18H19Cl2N3O. The van der Waals surface area contributed by atoms with Crippen molar-refractivity contribution in [2.75, 3.05) is 23.3 Å². The molecule has 1 fully saturated rings. The van der Waals surface area contributed by atoms with Crippen LogP contribution >= 0.6 is 23.2 Å². The topological polar surface area (TPSA) is 45.2 Å². The minimum absolute atomic E-state index is 0.241. The molecule has 0 unspecified atom stereocenters. The molecule has 2 heterocycles. The smallest absolute Gasteiger partial charge is 0.255 e. The first-order valence-corrected chi connectivity index (χ1v) is 8.76. The number of anilines is 2. The van der Waals surface area contributed by atoms with Crippen molar-refractivity contribution in [3.63, 3.8) is 0 Å². The number of pyridine rings is 1. The molecule has 126 valence electrons. The Labute approximate surface area is 151 Å². The summed E-state index contributed by atoms with van der Waals surface area (Å²) < 4.78 is 0. The predicted octanol–water partition coefficient (Wildman–Crippen LogP) is 4.88. The maximum Gasteiger partial charge on any atom is 0.255 e. The molecule has 0 bridgehead atoms. The Bertz CT molecular complexity index is 726. The summed E-state index contributed by atoms with van der Waals surface area (Å²) in [5.41, 5.74) is 1.11. The van der Waals surface area contributed by atoms with Gasteiger partial charge in [-0.3, -0.25) is 4.79 Å². The van der Waals surface area contributed by atoms with Crippen molar-refractivity contribution in [2.45, 2.75) is 19.8 Å². The van der Waals surface area contributed by atoms with Crippen LogP contribution in [-0.4, -0.2) is 24.0 Å². The lowest BCUT2D eigenvalue weighted by Gasteiger charge is -2.31. The average Bonchev–Trinajstić information content (AvgIpc) is 2.59. The number of rotatable bonds is 3. The Balaban J connectivity index is 1.65. The van der Waals surface area contributed by atoms with E-state index in [1.807, 2.05) is 12.1 Å².